The number of hydrogen-bond donors (Lipinski definition) is 2. The highest BCUT2D eigenvalue weighted by atomic mass is 32.2. The number of H-pyrrole nitrogens is 1. The fourth-order valence-corrected chi connectivity index (χ4v) is 3.42. The van der Waals surface area contributed by atoms with Crippen molar-refractivity contribution < 1.29 is 27.8 Å². The number of benzene rings is 1. The highest BCUT2D eigenvalue weighted by molar-refractivity contribution is 7.92. The number of methoxy groups -OCH3 is 2. The van der Waals surface area contributed by atoms with Gasteiger partial charge >= 0.3 is 0 Å². The molecular weight excluding hydrogens is 324 g/mol. The van der Waals surface area contributed by atoms with Gasteiger partial charge in [-0.05, 0) is 12.5 Å². The third-order valence-corrected chi connectivity index (χ3v) is 4.70. The number of carbonyl (C=O) groups excluding carboxylic acids is 1. The third kappa shape index (κ3) is 3.34. The predicted octanol–water partition coefficient (Wildman–Crippen LogP) is 0.700. The van der Waals surface area contributed by atoms with Crippen molar-refractivity contribution in [2.75, 3.05) is 24.7 Å². The first-order chi connectivity index (χ1) is 10.8. The fraction of sp³-hybridized carbons (Fsp3) is 0.357. The van der Waals surface area contributed by atoms with Crippen LogP contribution in [0, 0.1) is 0 Å². The molecule has 2 N–H and O–H groups in total. The number of fused-ring (bicyclic) bond motifs is 1. The van der Waals surface area contributed by atoms with Crippen LogP contribution >= 0.6 is 0 Å². The molecule has 0 aliphatic rings. The minimum Gasteiger partial charge on any atom is -0.543 e. The van der Waals surface area contributed by atoms with Gasteiger partial charge in [0.1, 0.15) is 0 Å². The Hall–Kier alpha value is -2.42. The van der Waals surface area contributed by atoms with Crippen molar-refractivity contribution in [2.45, 2.75) is 13.3 Å². The van der Waals surface area contributed by atoms with Gasteiger partial charge in [-0.1, -0.05) is 6.92 Å². The second kappa shape index (κ2) is 6.37. The molecule has 0 saturated carbocycles. The Morgan fingerprint density at radius 3 is 2.39 bits per heavy atom. The van der Waals surface area contributed by atoms with E-state index in [0.717, 1.165) is 0 Å². The minimum atomic E-state index is -3.67. The van der Waals surface area contributed by atoms with E-state index in [4.69, 9.17) is 9.47 Å². The number of sulfonamides is 1. The number of anilines is 1. The molecule has 2 aromatic rings. The molecule has 1 aromatic heterocycles. The molecule has 0 bridgehead atoms. The summed E-state index contributed by atoms with van der Waals surface area (Å²) in [6.07, 6.45) is 0.398. The monoisotopic (exact) mass is 341 g/mol. The van der Waals surface area contributed by atoms with Crippen LogP contribution < -0.4 is 19.3 Å². The lowest BCUT2D eigenvalue weighted by Crippen LogP contribution is -2.25. The van der Waals surface area contributed by atoms with Crippen molar-refractivity contribution in [2.24, 2.45) is 0 Å². The molecule has 1 aromatic carbocycles. The maximum Gasteiger partial charge on any atom is 0.232 e. The first-order valence-corrected chi connectivity index (χ1v) is 8.47. The van der Waals surface area contributed by atoms with E-state index >= 15 is 0 Å². The summed E-state index contributed by atoms with van der Waals surface area (Å²) >= 11 is 0. The van der Waals surface area contributed by atoms with Crippen molar-refractivity contribution in [3.05, 3.63) is 17.8 Å². The first kappa shape index (κ1) is 16.9. The third-order valence-electron chi connectivity index (χ3n) is 3.24. The van der Waals surface area contributed by atoms with Crippen LogP contribution in [0.15, 0.2) is 12.1 Å². The van der Waals surface area contributed by atoms with E-state index in [9.17, 15) is 18.3 Å². The van der Waals surface area contributed by atoms with Gasteiger partial charge in [0, 0.05) is 11.5 Å². The Kier molecular flexibility index (Phi) is 4.69. The summed E-state index contributed by atoms with van der Waals surface area (Å²) in [7, 11) is -0.801. The van der Waals surface area contributed by atoms with Gasteiger partial charge in [0.05, 0.1) is 42.8 Å². The van der Waals surface area contributed by atoms with Gasteiger partial charge in [0.25, 0.3) is 0 Å². The van der Waals surface area contributed by atoms with Crippen LogP contribution in [0.5, 0.6) is 11.5 Å². The summed E-state index contributed by atoms with van der Waals surface area (Å²) in [4.78, 5) is 13.9. The molecule has 8 nitrogen and oxygen atoms in total. The molecule has 0 amide bonds. The number of carbonyl (C=O) groups is 1. The van der Waals surface area contributed by atoms with Crippen LogP contribution in [0.1, 0.15) is 23.8 Å². The molecule has 0 atom stereocenters. The van der Waals surface area contributed by atoms with Crippen molar-refractivity contribution in [1.82, 2.24) is 4.98 Å². The molecule has 0 fully saturated rings. The number of carboxylic acid groups (broad SMARTS) is 1. The fourth-order valence-electron chi connectivity index (χ4n) is 2.26. The second-order valence-corrected chi connectivity index (χ2v) is 6.68. The Morgan fingerprint density at radius 2 is 1.87 bits per heavy atom. The molecule has 0 saturated heterocycles. The number of hydrogen-bond acceptors (Lipinski definition) is 6. The first-order valence-electron chi connectivity index (χ1n) is 6.82. The van der Waals surface area contributed by atoms with Crippen LogP contribution in [-0.4, -0.2) is 39.3 Å². The number of aromatic carboxylic acids is 1. The number of aromatic nitrogens is 1. The van der Waals surface area contributed by atoms with E-state index in [1.807, 2.05) is 0 Å². The zero-order valence-electron chi connectivity index (χ0n) is 12.9. The average Bonchev–Trinajstić information content (AvgIpc) is 2.83. The maximum atomic E-state index is 12.0. The molecule has 0 unspecified atom stereocenters. The van der Waals surface area contributed by atoms with Gasteiger partial charge in [0.2, 0.25) is 10.0 Å². The van der Waals surface area contributed by atoms with Crippen molar-refractivity contribution in [3.8, 4) is 11.5 Å². The second-order valence-electron chi connectivity index (χ2n) is 4.84. The van der Waals surface area contributed by atoms with Gasteiger partial charge in [-0.2, -0.15) is 0 Å². The molecule has 9 heteroatoms. The Labute approximate surface area is 133 Å². The lowest BCUT2D eigenvalue weighted by Gasteiger charge is -2.10. The lowest BCUT2D eigenvalue weighted by atomic mass is 10.2. The van der Waals surface area contributed by atoms with E-state index in [2.05, 4.69) is 9.71 Å². The Balaban J connectivity index is 2.69. The van der Waals surface area contributed by atoms with E-state index in [1.54, 1.807) is 6.92 Å². The summed E-state index contributed by atoms with van der Waals surface area (Å²) < 4.78 is 36.6. The van der Waals surface area contributed by atoms with Gasteiger partial charge in [-0.25, -0.2) is 8.42 Å². The SMILES string of the molecule is CCCS(=O)(=O)Nc1c(C(=O)[O-])[nH]c2cc(OC)c(OC)cc12. The molecule has 0 aliphatic heterocycles. The summed E-state index contributed by atoms with van der Waals surface area (Å²) in [5.41, 5.74) is -0.0413. The van der Waals surface area contributed by atoms with Gasteiger partial charge in [-0.3, -0.25) is 4.72 Å². The molecule has 0 aliphatic carbocycles. The predicted molar refractivity (Wildman–Crippen MR) is 83.4 cm³/mol. The lowest BCUT2D eigenvalue weighted by molar-refractivity contribution is -0.255. The van der Waals surface area contributed by atoms with Crippen LogP contribution in [0.25, 0.3) is 10.9 Å². The zero-order valence-corrected chi connectivity index (χ0v) is 13.7. The van der Waals surface area contributed by atoms with E-state index in [-0.39, 0.29) is 17.1 Å². The van der Waals surface area contributed by atoms with Gasteiger partial charge in [-0.15, -0.1) is 0 Å². The molecule has 126 valence electrons. The van der Waals surface area contributed by atoms with E-state index in [1.165, 1.54) is 26.4 Å². The quantitative estimate of drug-likeness (QED) is 0.765. The van der Waals surface area contributed by atoms with Crippen molar-refractivity contribution in [3.63, 3.8) is 0 Å². The highest BCUT2D eigenvalue weighted by Crippen LogP contribution is 2.37. The number of ether oxygens (including phenoxy) is 2. The summed E-state index contributed by atoms with van der Waals surface area (Å²) in [6.45, 7) is 1.71. The normalized spacial score (nSPS) is 11.4. The standard InChI is InChI=1S/C14H18N2O6S/c1-4-5-23(19,20)16-12-8-6-10(21-2)11(22-3)7-9(8)15-13(12)14(17)18/h6-7,15-16H,4-5H2,1-3H3,(H,17,18)/p-1. The number of carboxylic acids is 1. The van der Waals surface area contributed by atoms with E-state index < -0.39 is 16.0 Å². The minimum absolute atomic E-state index is 0.0746. The van der Waals surface area contributed by atoms with Crippen molar-refractivity contribution >= 4 is 32.6 Å². The summed E-state index contributed by atoms with van der Waals surface area (Å²) in [5.74, 6) is -0.915. The maximum absolute atomic E-state index is 12.0. The Bertz CT molecular complexity index is 841. The molecular formula is C14H17N2O6S-. The van der Waals surface area contributed by atoms with Gasteiger partial charge in [0.15, 0.2) is 11.5 Å². The van der Waals surface area contributed by atoms with E-state index in [0.29, 0.717) is 28.8 Å². The molecule has 2 rings (SSSR count). The Morgan fingerprint density at radius 1 is 1.26 bits per heavy atom. The molecule has 0 radical (unpaired) electrons. The molecule has 23 heavy (non-hydrogen) atoms. The van der Waals surface area contributed by atoms with Crippen LogP contribution in [-0.2, 0) is 10.0 Å². The van der Waals surface area contributed by atoms with Gasteiger partial charge < -0.3 is 24.4 Å². The van der Waals surface area contributed by atoms with Crippen LogP contribution in [0.4, 0.5) is 5.69 Å². The van der Waals surface area contributed by atoms with Crippen LogP contribution in [0.2, 0.25) is 0 Å². The zero-order chi connectivity index (χ0) is 17.2. The summed E-state index contributed by atoms with van der Waals surface area (Å²) in [5, 5.41) is 11.7. The highest BCUT2D eigenvalue weighted by Gasteiger charge is 2.20. The topological polar surface area (TPSA) is 121 Å². The molecule has 0 spiro atoms. The molecule has 1 heterocycles. The average molecular weight is 341 g/mol. The summed E-state index contributed by atoms with van der Waals surface area (Å²) in [6, 6.07) is 3.03. The largest absolute Gasteiger partial charge is 0.543 e. The van der Waals surface area contributed by atoms with Crippen LogP contribution in [0.3, 0.4) is 0 Å². The number of rotatable bonds is 7. The number of nitrogens with one attached hydrogen (secondary N) is 2. The number of aromatic amines is 1. The van der Waals surface area contributed by atoms with Crippen molar-refractivity contribution in [1.29, 1.82) is 0 Å². The smallest absolute Gasteiger partial charge is 0.232 e.